The first-order chi connectivity index (χ1) is 30.3. The number of hydrogen-bond acceptors (Lipinski definition) is 2. The van der Waals surface area contributed by atoms with Crippen LogP contribution in [0.25, 0.3) is 64.3 Å². The summed E-state index contributed by atoms with van der Waals surface area (Å²) in [4.78, 5) is 2.49. The van der Waals surface area contributed by atoms with E-state index in [-0.39, 0.29) is 0 Å². The summed E-state index contributed by atoms with van der Waals surface area (Å²) in [6, 6.07) is 87.3. The van der Waals surface area contributed by atoms with Crippen molar-refractivity contribution in [3.63, 3.8) is 0 Å². The zero-order valence-corrected chi connectivity index (χ0v) is 34.2. The SMILES string of the molecule is c1ccc(C2(c3ccccc3)c3ccccc3-c3c(N(c4ccc(-c5cccc6c5sc5ccccc56)cc4)c4cccc(-c5cccc6ccccc56)c4)cccc32)cc1. The molecule has 61 heavy (non-hydrogen) atoms. The van der Waals surface area contributed by atoms with Crippen LogP contribution in [0.4, 0.5) is 17.1 Å². The fourth-order valence-corrected chi connectivity index (χ4v) is 11.4. The third-order valence-electron chi connectivity index (χ3n) is 12.7. The van der Waals surface area contributed by atoms with Crippen LogP contribution in [0.15, 0.2) is 237 Å². The lowest BCUT2D eigenvalue weighted by Crippen LogP contribution is -2.28. The maximum atomic E-state index is 2.49. The molecule has 286 valence electrons. The van der Waals surface area contributed by atoms with Crippen molar-refractivity contribution in [2.24, 2.45) is 0 Å². The molecule has 0 saturated heterocycles. The second-order valence-electron chi connectivity index (χ2n) is 16.0. The number of benzene rings is 10. The van der Waals surface area contributed by atoms with E-state index in [0.29, 0.717) is 0 Å². The number of rotatable bonds is 7. The standard InChI is InChI=1S/C59H39NS/c1-3-20-43(21-4-1)59(44-22-5-2-6-23-44)53-31-11-9-27-52(53)57-54(59)32-16-33-55(57)60(46-24-13-19-42(39-46)48-28-14-18-40-17-7-8-25-47(40)48)45-37-35-41(36-38-45)49-29-15-30-51-50-26-10-12-34-56(50)61-58(49)51/h1-39H. The van der Waals surface area contributed by atoms with Gasteiger partial charge in [0.15, 0.2) is 0 Å². The summed E-state index contributed by atoms with van der Waals surface area (Å²) < 4.78 is 2.64. The second kappa shape index (κ2) is 14.3. The van der Waals surface area contributed by atoms with Gasteiger partial charge in [-0.05, 0) is 97.2 Å². The molecule has 1 nitrogen and oxygen atoms in total. The quantitative estimate of drug-likeness (QED) is 0.155. The minimum absolute atomic E-state index is 0.506. The van der Waals surface area contributed by atoms with E-state index in [1.165, 1.54) is 86.6 Å². The molecule has 12 rings (SSSR count). The minimum Gasteiger partial charge on any atom is -0.310 e. The number of anilines is 3. The second-order valence-corrected chi connectivity index (χ2v) is 17.0. The molecule has 0 bridgehead atoms. The fourth-order valence-electron chi connectivity index (χ4n) is 10.1. The van der Waals surface area contributed by atoms with E-state index >= 15 is 0 Å². The Kier molecular flexibility index (Phi) is 8.33. The highest BCUT2D eigenvalue weighted by Crippen LogP contribution is 2.59. The number of nitrogens with zero attached hydrogens (tertiary/aromatic N) is 1. The van der Waals surface area contributed by atoms with Crippen LogP contribution in [-0.2, 0) is 5.41 Å². The van der Waals surface area contributed by atoms with Crippen LogP contribution in [0.3, 0.4) is 0 Å². The Morgan fingerprint density at radius 1 is 0.361 bits per heavy atom. The zero-order valence-electron chi connectivity index (χ0n) is 33.4. The lowest BCUT2D eigenvalue weighted by molar-refractivity contribution is 0.768. The van der Waals surface area contributed by atoms with Crippen molar-refractivity contribution in [1.29, 1.82) is 0 Å². The Balaban J connectivity index is 1.10. The molecule has 2 heteroatoms. The Morgan fingerprint density at radius 3 is 1.77 bits per heavy atom. The van der Waals surface area contributed by atoms with E-state index in [1.54, 1.807) is 0 Å². The van der Waals surface area contributed by atoms with Crippen LogP contribution in [-0.4, -0.2) is 0 Å². The third-order valence-corrected chi connectivity index (χ3v) is 14.0. The third kappa shape index (κ3) is 5.53. The first kappa shape index (κ1) is 35.4. The molecular weight excluding hydrogens is 755 g/mol. The summed E-state index contributed by atoms with van der Waals surface area (Å²) in [5.74, 6) is 0. The van der Waals surface area contributed by atoms with Gasteiger partial charge in [0.1, 0.15) is 0 Å². The Hall–Kier alpha value is -7.52. The maximum Gasteiger partial charge on any atom is 0.0714 e. The molecule has 11 aromatic rings. The van der Waals surface area contributed by atoms with Gasteiger partial charge in [-0.25, -0.2) is 0 Å². The fraction of sp³-hybridized carbons (Fsp3) is 0.0169. The average molecular weight is 794 g/mol. The van der Waals surface area contributed by atoms with Gasteiger partial charge in [0.05, 0.1) is 11.1 Å². The molecule has 1 heterocycles. The normalized spacial score (nSPS) is 12.7. The van der Waals surface area contributed by atoms with Gasteiger partial charge in [0.25, 0.3) is 0 Å². The highest BCUT2D eigenvalue weighted by Gasteiger charge is 2.47. The highest BCUT2D eigenvalue weighted by atomic mass is 32.1. The number of fused-ring (bicyclic) bond motifs is 7. The molecule has 0 unspecified atom stereocenters. The van der Waals surface area contributed by atoms with Gasteiger partial charge in [0, 0.05) is 37.1 Å². The monoisotopic (exact) mass is 793 g/mol. The topological polar surface area (TPSA) is 3.24 Å². The predicted molar refractivity (Wildman–Crippen MR) is 260 cm³/mol. The van der Waals surface area contributed by atoms with Crippen LogP contribution >= 0.6 is 11.3 Å². The van der Waals surface area contributed by atoms with E-state index in [2.05, 4.69) is 241 Å². The molecule has 1 aromatic heterocycles. The van der Waals surface area contributed by atoms with E-state index in [4.69, 9.17) is 0 Å². The predicted octanol–water partition coefficient (Wildman–Crippen LogP) is 16.4. The van der Waals surface area contributed by atoms with Crippen LogP contribution in [0.2, 0.25) is 0 Å². The van der Waals surface area contributed by atoms with Crippen molar-refractivity contribution >= 4 is 59.3 Å². The van der Waals surface area contributed by atoms with Crippen molar-refractivity contribution in [3.8, 4) is 33.4 Å². The van der Waals surface area contributed by atoms with Crippen molar-refractivity contribution in [2.75, 3.05) is 4.90 Å². The molecule has 10 aromatic carbocycles. The smallest absolute Gasteiger partial charge is 0.0714 e. The van der Waals surface area contributed by atoms with Gasteiger partial charge in [0.2, 0.25) is 0 Å². The molecular formula is C59H39NS. The molecule has 0 radical (unpaired) electrons. The first-order valence-corrected chi connectivity index (χ1v) is 21.8. The van der Waals surface area contributed by atoms with E-state index in [0.717, 1.165) is 17.1 Å². The molecule has 0 amide bonds. The number of hydrogen-bond donors (Lipinski definition) is 0. The van der Waals surface area contributed by atoms with Gasteiger partial charge in [-0.1, -0.05) is 200 Å². The summed E-state index contributed by atoms with van der Waals surface area (Å²) in [5, 5.41) is 5.12. The zero-order chi connectivity index (χ0) is 40.3. The van der Waals surface area contributed by atoms with E-state index in [1.807, 2.05) is 11.3 Å². The summed E-state index contributed by atoms with van der Waals surface area (Å²) >= 11 is 1.88. The van der Waals surface area contributed by atoms with Crippen molar-refractivity contribution in [1.82, 2.24) is 0 Å². The average Bonchev–Trinajstić information content (AvgIpc) is 3.87. The van der Waals surface area contributed by atoms with Crippen LogP contribution < -0.4 is 4.90 Å². The summed E-state index contributed by atoms with van der Waals surface area (Å²) in [6.07, 6.45) is 0. The summed E-state index contributed by atoms with van der Waals surface area (Å²) in [7, 11) is 0. The van der Waals surface area contributed by atoms with Crippen LogP contribution in [0, 0.1) is 0 Å². The molecule has 0 N–H and O–H groups in total. The summed E-state index contributed by atoms with van der Waals surface area (Å²) in [5.41, 5.74) is 15.3. The van der Waals surface area contributed by atoms with Gasteiger partial charge >= 0.3 is 0 Å². The molecule has 0 atom stereocenters. The maximum absolute atomic E-state index is 2.49. The van der Waals surface area contributed by atoms with Gasteiger partial charge in [-0.15, -0.1) is 11.3 Å². The van der Waals surface area contributed by atoms with Crippen molar-refractivity contribution in [3.05, 3.63) is 259 Å². The number of thiophene rings is 1. The minimum atomic E-state index is -0.506. The lowest BCUT2D eigenvalue weighted by atomic mass is 9.68. The molecule has 0 aliphatic heterocycles. The molecule has 0 saturated carbocycles. The first-order valence-electron chi connectivity index (χ1n) is 21.0. The largest absolute Gasteiger partial charge is 0.310 e. The van der Waals surface area contributed by atoms with Gasteiger partial charge in [-0.3, -0.25) is 0 Å². The Labute approximate surface area is 360 Å². The Morgan fingerprint density at radius 2 is 0.951 bits per heavy atom. The van der Waals surface area contributed by atoms with Gasteiger partial charge < -0.3 is 4.90 Å². The van der Waals surface area contributed by atoms with Crippen LogP contribution in [0.1, 0.15) is 22.3 Å². The molecule has 0 spiro atoms. The summed E-state index contributed by atoms with van der Waals surface area (Å²) in [6.45, 7) is 0. The van der Waals surface area contributed by atoms with E-state index < -0.39 is 5.41 Å². The van der Waals surface area contributed by atoms with Crippen molar-refractivity contribution < 1.29 is 0 Å². The molecule has 0 fully saturated rings. The Bertz CT molecular complexity index is 3370. The molecule has 1 aliphatic carbocycles. The van der Waals surface area contributed by atoms with Crippen LogP contribution in [0.5, 0.6) is 0 Å². The molecule has 1 aliphatic rings. The highest BCUT2D eigenvalue weighted by molar-refractivity contribution is 7.26. The lowest BCUT2D eigenvalue weighted by Gasteiger charge is -2.34. The van der Waals surface area contributed by atoms with Gasteiger partial charge in [-0.2, -0.15) is 0 Å². The van der Waals surface area contributed by atoms with Crippen molar-refractivity contribution in [2.45, 2.75) is 5.41 Å². The van der Waals surface area contributed by atoms with E-state index in [9.17, 15) is 0 Å².